The van der Waals surface area contributed by atoms with Crippen LogP contribution in [0.2, 0.25) is 0 Å². The number of aliphatic hydroxyl groups is 1. The van der Waals surface area contributed by atoms with Gasteiger partial charge in [0.05, 0.1) is 5.76 Å². The molecular formula is C14H18BrNO. The molecule has 1 aromatic heterocycles. The van der Waals surface area contributed by atoms with Crippen molar-refractivity contribution in [3.63, 3.8) is 0 Å². The Morgan fingerprint density at radius 3 is 2.76 bits per heavy atom. The fraction of sp³-hybridized carbons (Fsp3) is 0.286. The number of hydrogen-bond donors (Lipinski definition) is 2. The second-order valence-electron chi connectivity index (χ2n) is 3.57. The van der Waals surface area contributed by atoms with Gasteiger partial charge >= 0.3 is 0 Å². The number of halogens is 1. The highest BCUT2D eigenvalue weighted by atomic mass is 79.9. The van der Waals surface area contributed by atoms with Crippen molar-refractivity contribution >= 4 is 26.8 Å². The molecule has 1 aromatic carbocycles. The molecule has 0 aliphatic rings. The first-order valence-electron chi connectivity index (χ1n) is 5.79. The van der Waals surface area contributed by atoms with Gasteiger partial charge in [-0.15, -0.1) is 0 Å². The van der Waals surface area contributed by atoms with Crippen LogP contribution in [0, 0.1) is 0 Å². The highest BCUT2D eigenvalue weighted by Crippen LogP contribution is 2.23. The SMILES string of the molecule is C=C(O)CCc1c[nH]c2ccc(Br)cc12.CC. The first-order valence-corrected chi connectivity index (χ1v) is 6.58. The molecule has 0 amide bonds. The van der Waals surface area contributed by atoms with Gasteiger partial charge in [0, 0.05) is 28.0 Å². The van der Waals surface area contributed by atoms with E-state index in [0.717, 1.165) is 16.4 Å². The molecule has 0 unspecified atom stereocenters. The minimum Gasteiger partial charge on any atom is -0.513 e. The second-order valence-corrected chi connectivity index (χ2v) is 4.49. The van der Waals surface area contributed by atoms with Crippen molar-refractivity contribution in [2.45, 2.75) is 26.7 Å². The summed E-state index contributed by atoms with van der Waals surface area (Å²) in [5.74, 6) is 0.236. The Hall–Kier alpha value is -1.22. The molecule has 0 aliphatic heterocycles. The molecule has 0 fully saturated rings. The lowest BCUT2D eigenvalue weighted by atomic mass is 10.1. The molecule has 1 heterocycles. The molecule has 17 heavy (non-hydrogen) atoms. The normalized spacial score (nSPS) is 9.82. The van der Waals surface area contributed by atoms with Crippen LogP contribution in [0.25, 0.3) is 10.9 Å². The summed E-state index contributed by atoms with van der Waals surface area (Å²) in [4.78, 5) is 3.21. The molecular weight excluding hydrogens is 278 g/mol. The smallest absolute Gasteiger partial charge is 0.0854 e. The summed E-state index contributed by atoms with van der Waals surface area (Å²) >= 11 is 3.45. The zero-order chi connectivity index (χ0) is 12.8. The minimum absolute atomic E-state index is 0.236. The number of H-pyrrole nitrogens is 1. The third-order valence-electron chi connectivity index (χ3n) is 2.41. The van der Waals surface area contributed by atoms with Crippen molar-refractivity contribution in [3.8, 4) is 0 Å². The lowest BCUT2D eigenvalue weighted by Crippen LogP contribution is -1.85. The van der Waals surface area contributed by atoms with E-state index in [1.54, 1.807) is 0 Å². The fourth-order valence-electron chi connectivity index (χ4n) is 1.64. The van der Waals surface area contributed by atoms with E-state index in [2.05, 4.69) is 33.6 Å². The van der Waals surface area contributed by atoms with Gasteiger partial charge in [-0.1, -0.05) is 36.4 Å². The number of fused-ring (bicyclic) bond motifs is 1. The van der Waals surface area contributed by atoms with Crippen LogP contribution in [0.5, 0.6) is 0 Å². The number of hydrogen-bond acceptors (Lipinski definition) is 1. The van der Waals surface area contributed by atoms with E-state index in [1.807, 2.05) is 32.2 Å². The minimum atomic E-state index is 0.236. The van der Waals surface area contributed by atoms with Gasteiger partial charge in [0.2, 0.25) is 0 Å². The first kappa shape index (κ1) is 13.8. The van der Waals surface area contributed by atoms with E-state index in [-0.39, 0.29) is 5.76 Å². The van der Waals surface area contributed by atoms with Gasteiger partial charge < -0.3 is 10.1 Å². The van der Waals surface area contributed by atoms with Gasteiger partial charge in [-0.3, -0.25) is 0 Å². The van der Waals surface area contributed by atoms with Gasteiger partial charge in [0.25, 0.3) is 0 Å². The van der Waals surface area contributed by atoms with Crippen LogP contribution in [0.3, 0.4) is 0 Å². The lowest BCUT2D eigenvalue weighted by molar-refractivity contribution is 0.391. The number of allylic oxidation sites excluding steroid dienone is 1. The molecule has 2 aromatic rings. The molecule has 0 aliphatic carbocycles. The van der Waals surface area contributed by atoms with Crippen molar-refractivity contribution in [2.75, 3.05) is 0 Å². The predicted molar refractivity (Wildman–Crippen MR) is 77.4 cm³/mol. The van der Waals surface area contributed by atoms with E-state index in [4.69, 9.17) is 5.11 Å². The van der Waals surface area contributed by atoms with Gasteiger partial charge in [-0.05, 0) is 30.2 Å². The summed E-state index contributed by atoms with van der Waals surface area (Å²) in [6, 6.07) is 6.13. The van der Waals surface area contributed by atoms with Crippen LogP contribution in [0.1, 0.15) is 25.8 Å². The average molecular weight is 296 g/mol. The summed E-state index contributed by atoms with van der Waals surface area (Å²) in [6.07, 6.45) is 3.41. The van der Waals surface area contributed by atoms with Crippen molar-refractivity contribution in [1.29, 1.82) is 0 Å². The van der Waals surface area contributed by atoms with Crippen LogP contribution in [0.15, 0.2) is 41.2 Å². The average Bonchev–Trinajstić information content (AvgIpc) is 2.71. The number of nitrogens with one attached hydrogen (secondary N) is 1. The number of aryl methyl sites for hydroxylation is 1. The van der Waals surface area contributed by atoms with E-state index >= 15 is 0 Å². The maximum Gasteiger partial charge on any atom is 0.0854 e. The third kappa shape index (κ3) is 3.63. The number of aromatic amines is 1. The molecule has 2 nitrogen and oxygen atoms in total. The summed E-state index contributed by atoms with van der Waals surface area (Å²) in [6.45, 7) is 7.49. The molecule has 2 N–H and O–H groups in total. The van der Waals surface area contributed by atoms with Crippen molar-refractivity contribution in [3.05, 3.63) is 46.8 Å². The molecule has 0 radical (unpaired) electrons. The second kappa shape index (κ2) is 6.50. The Morgan fingerprint density at radius 2 is 2.12 bits per heavy atom. The van der Waals surface area contributed by atoms with Crippen LogP contribution < -0.4 is 0 Å². The topological polar surface area (TPSA) is 36.0 Å². The largest absolute Gasteiger partial charge is 0.513 e. The quantitative estimate of drug-likeness (QED) is 0.771. The fourth-order valence-corrected chi connectivity index (χ4v) is 2.00. The number of aromatic nitrogens is 1. The van der Waals surface area contributed by atoms with Crippen molar-refractivity contribution in [2.24, 2.45) is 0 Å². The molecule has 3 heteroatoms. The lowest BCUT2D eigenvalue weighted by Gasteiger charge is -1.98. The summed E-state index contributed by atoms with van der Waals surface area (Å²) < 4.78 is 1.07. The van der Waals surface area contributed by atoms with Crippen LogP contribution in [-0.2, 0) is 6.42 Å². The van der Waals surface area contributed by atoms with E-state index < -0.39 is 0 Å². The number of aliphatic hydroxyl groups excluding tert-OH is 1. The van der Waals surface area contributed by atoms with Gasteiger partial charge in [0.15, 0.2) is 0 Å². The number of benzene rings is 1. The van der Waals surface area contributed by atoms with E-state index in [9.17, 15) is 0 Å². The summed E-state index contributed by atoms with van der Waals surface area (Å²) in [5.41, 5.74) is 2.33. The van der Waals surface area contributed by atoms with Crippen LogP contribution in [-0.4, -0.2) is 10.1 Å². The van der Waals surface area contributed by atoms with Crippen LogP contribution >= 0.6 is 15.9 Å². The highest BCUT2D eigenvalue weighted by Gasteiger charge is 2.04. The van der Waals surface area contributed by atoms with Gasteiger partial charge in [-0.25, -0.2) is 0 Å². The monoisotopic (exact) mass is 295 g/mol. The first-order chi connectivity index (χ1) is 8.16. The highest BCUT2D eigenvalue weighted by molar-refractivity contribution is 9.10. The Bertz CT molecular complexity index is 502. The van der Waals surface area contributed by atoms with E-state index in [0.29, 0.717) is 6.42 Å². The Balaban J connectivity index is 0.000000686. The number of rotatable bonds is 3. The maximum atomic E-state index is 9.06. The van der Waals surface area contributed by atoms with Crippen LogP contribution in [0.4, 0.5) is 0 Å². The molecule has 92 valence electrons. The molecule has 0 bridgehead atoms. The summed E-state index contributed by atoms with van der Waals surface area (Å²) in [5, 5.41) is 10.3. The van der Waals surface area contributed by atoms with Crippen molar-refractivity contribution in [1.82, 2.24) is 4.98 Å². The Kier molecular flexibility index (Phi) is 5.29. The van der Waals surface area contributed by atoms with E-state index in [1.165, 1.54) is 10.9 Å². The molecule has 2 rings (SSSR count). The molecule has 0 saturated heterocycles. The van der Waals surface area contributed by atoms with Gasteiger partial charge in [0.1, 0.15) is 0 Å². The maximum absolute atomic E-state index is 9.06. The zero-order valence-corrected chi connectivity index (χ0v) is 11.8. The molecule has 0 atom stereocenters. The third-order valence-corrected chi connectivity index (χ3v) is 2.91. The standard InChI is InChI=1S/C12H12BrNO.C2H6/c1-8(15)2-3-9-7-14-12-5-4-10(13)6-11(9)12;1-2/h4-7,14-15H,1-3H2;1-2H3. The predicted octanol–water partition coefficient (Wildman–Crippen LogP) is 4.96. The Labute approximate surface area is 110 Å². The molecule has 0 spiro atoms. The zero-order valence-electron chi connectivity index (χ0n) is 10.3. The molecule has 0 saturated carbocycles. The van der Waals surface area contributed by atoms with Crippen molar-refractivity contribution < 1.29 is 5.11 Å². The Morgan fingerprint density at radius 1 is 1.41 bits per heavy atom. The van der Waals surface area contributed by atoms with Gasteiger partial charge in [-0.2, -0.15) is 0 Å². The summed E-state index contributed by atoms with van der Waals surface area (Å²) in [7, 11) is 0.